The first-order valence-electron chi connectivity index (χ1n) is 7.51. The van der Waals surface area contributed by atoms with Crippen LogP contribution in [-0.2, 0) is 39.3 Å². The quantitative estimate of drug-likeness (QED) is 0.425. The van der Waals surface area contributed by atoms with Crippen molar-refractivity contribution in [1.29, 1.82) is 0 Å². The highest BCUT2D eigenvalue weighted by Crippen LogP contribution is 2.55. The van der Waals surface area contributed by atoms with Crippen LogP contribution in [-0.4, -0.2) is 50.7 Å². The van der Waals surface area contributed by atoms with Gasteiger partial charge in [0.05, 0.1) is 6.10 Å². The van der Waals surface area contributed by atoms with E-state index in [1.165, 1.54) is 6.92 Å². The van der Waals surface area contributed by atoms with E-state index in [9.17, 15) is 13.8 Å². The largest absolute Gasteiger partial charge is 0.457 e. The van der Waals surface area contributed by atoms with Gasteiger partial charge >= 0.3 is 23.3 Å². The number of ether oxygens (including phenoxy) is 3. The van der Waals surface area contributed by atoms with Crippen molar-refractivity contribution in [1.82, 2.24) is 0 Å². The number of esters is 2. The third-order valence-corrected chi connectivity index (χ3v) is 5.52. The summed E-state index contributed by atoms with van der Waals surface area (Å²) >= 11 is -2.42. The molecular weight excluding hydrogens is 340 g/mol. The van der Waals surface area contributed by atoms with Gasteiger partial charge in [-0.1, -0.05) is 13.5 Å². The number of fused-ring (bicyclic) bond motifs is 2. The number of hydrogen-bond acceptors (Lipinski definition) is 7. The molecule has 0 saturated carbocycles. The number of rotatable bonds is 6. The highest BCUT2D eigenvalue weighted by Gasteiger charge is 2.68. The van der Waals surface area contributed by atoms with Gasteiger partial charge in [-0.3, -0.25) is 8.74 Å². The van der Waals surface area contributed by atoms with Gasteiger partial charge in [-0.15, -0.1) is 0 Å². The maximum atomic E-state index is 11.9. The molecule has 6 unspecified atom stereocenters. The molecule has 2 rings (SSSR count). The van der Waals surface area contributed by atoms with Crippen molar-refractivity contribution in [3.05, 3.63) is 12.2 Å². The molecule has 9 heteroatoms. The minimum atomic E-state index is -2.42. The summed E-state index contributed by atoms with van der Waals surface area (Å²) in [5, 5.41) is 0. The van der Waals surface area contributed by atoms with E-state index in [0.29, 0.717) is 6.42 Å². The van der Waals surface area contributed by atoms with Crippen LogP contribution in [0.4, 0.5) is 0 Å². The molecule has 0 radical (unpaired) electrons. The standard InChI is InChI=1S/C15H22O8S/c1-8(2)13(17)20-7-12(16)21-10-6-11-15(5,23-24(18)19)9(3)14(10,4)22-11/h9-11H,1,6-7H2,2-5H3,(H,18,19). The molecule has 136 valence electrons. The van der Waals surface area contributed by atoms with E-state index >= 15 is 0 Å². The summed E-state index contributed by atoms with van der Waals surface area (Å²) in [5.41, 5.74) is -1.62. The molecule has 2 heterocycles. The molecule has 8 nitrogen and oxygen atoms in total. The minimum absolute atomic E-state index is 0.191. The molecule has 0 aliphatic carbocycles. The molecule has 24 heavy (non-hydrogen) atoms. The van der Waals surface area contributed by atoms with Crippen LogP contribution in [0, 0.1) is 5.92 Å². The van der Waals surface area contributed by atoms with Crippen molar-refractivity contribution in [3.63, 3.8) is 0 Å². The van der Waals surface area contributed by atoms with Crippen LogP contribution in [0.2, 0.25) is 0 Å². The van der Waals surface area contributed by atoms with Gasteiger partial charge in [-0.2, -0.15) is 4.21 Å². The maximum absolute atomic E-state index is 11.9. The van der Waals surface area contributed by atoms with Crippen molar-refractivity contribution in [3.8, 4) is 0 Å². The lowest BCUT2D eigenvalue weighted by Gasteiger charge is -2.41. The Hall–Kier alpha value is -1.29. The van der Waals surface area contributed by atoms with Crippen LogP contribution in [0.25, 0.3) is 0 Å². The van der Waals surface area contributed by atoms with Gasteiger partial charge in [0.2, 0.25) is 0 Å². The molecule has 0 amide bonds. The number of hydrogen-bond donors (Lipinski definition) is 1. The molecule has 2 aliphatic rings. The van der Waals surface area contributed by atoms with Crippen LogP contribution < -0.4 is 0 Å². The zero-order valence-electron chi connectivity index (χ0n) is 14.1. The van der Waals surface area contributed by atoms with Gasteiger partial charge < -0.3 is 14.2 Å². The van der Waals surface area contributed by atoms with Gasteiger partial charge in [-0.25, -0.2) is 9.59 Å². The third kappa shape index (κ3) is 3.26. The lowest BCUT2D eigenvalue weighted by atomic mass is 9.70. The van der Waals surface area contributed by atoms with E-state index < -0.39 is 53.3 Å². The summed E-state index contributed by atoms with van der Waals surface area (Å²) in [6, 6.07) is 0. The van der Waals surface area contributed by atoms with Crippen LogP contribution in [0.15, 0.2) is 12.2 Å². The predicted octanol–water partition coefficient (Wildman–Crippen LogP) is 1.13. The first-order chi connectivity index (χ1) is 11.0. The maximum Gasteiger partial charge on any atom is 0.344 e. The Kier molecular flexibility index (Phi) is 5.19. The summed E-state index contributed by atoms with van der Waals surface area (Å²) < 4.78 is 41.3. The van der Waals surface area contributed by atoms with Gasteiger partial charge in [0.25, 0.3) is 0 Å². The Morgan fingerprint density at radius 3 is 2.54 bits per heavy atom. The summed E-state index contributed by atoms with van der Waals surface area (Å²) in [4.78, 5) is 23.2. The van der Waals surface area contributed by atoms with Crippen LogP contribution in [0.5, 0.6) is 0 Å². The average Bonchev–Trinajstić information content (AvgIpc) is 2.88. The summed E-state index contributed by atoms with van der Waals surface area (Å²) in [6.07, 6.45) is -0.712. The number of carbonyl (C=O) groups is 2. The van der Waals surface area contributed by atoms with E-state index in [1.54, 1.807) is 13.8 Å². The minimum Gasteiger partial charge on any atom is -0.457 e. The highest BCUT2D eigenvalue weighted by atomic mass is 32.2. The molecule has 0 spiro atoms. The monoisotopic (exact) mass is 362 g/mol. The van der Waals surface area contributed by atoms with Gasteiger partial charge in [0.15, 0.2) is 6.61 Å². The normalized spacial score (nSPS) is 38.6. The van der Waals surface area contributed by atoms with Crippen LogP contribution in [0.3, 0.4) is 0 Å². The van der Waals surface area contributed by atoms with Gasteiger partial charge in [0.1, 0.15) is 17.3 Å². The molecule has 2 fully saturated rings. The van der Waals surface area contributed by atoms with Crippen molar-refractivity contribution in [2.75, 3.05) is 6.61 Å². The van der Waals surface area contributed by atoms with E-state index in [-0.39, 0.29) is 11.5 Å². The molecule has 2 bridgehead atoms. The molecular formula is C15H22O8S. The van der Waals surface area contributed by atoms with E-state index in [1.807, 2.05) is 6.92 Å². The molecule has 2 saturated heterocycles. The molecule has 6 atom stereocenters. The fraction of sp³-hybridized carbons (Fsp3) is 0.733. The van der Waals surface area contributed by atoms with Crippen molar-refractivity contribution in [2.45, 2.75) is 57.5 Å². The third-order valence-electron chi connectivity index (χ3n) is 5.02. The fourth-order valence-corrected chi connectivity index (χ4v) is 3.88. The summed E-state index contributed by atoms with van der Waals surface area (Å²) in [7, 11) is 0. The first-order valence-corrected chi connectivity index (χ1v) is 8.54. The smallest absolute Gasteiger partial charge is 0.344 e. The van der Waals surface area contributed by atoms with Crippen LogP contribution >= 0.6 is 0 Å². The number of carbonyl (C=O) groups excluding carboxylic acids is 2. The average molecular weight is 362 g/mol. The van der Waals surface area contributed by atoms with Gasteiger partial charge in [0, 0.05) is 17.9 Å². The Balaban J connectivity index is 1.99. The van der Waals surface area contributed by atoms with E-state index in [4.69, 9.17) is 22.9 Å². The molecule has 1 N–H and O–H groups in total. The zero-order valence-corrected chi connectivity index (χ0v) is 14.9. The fourth-order valence-electron chi connectivity index (χ4n) is 3.32. The first kappa shape index (κ1) is 19.0. The Morgan fingerprint density at radius 1 is 1.42 bits per heavy atom. The van der Waals surface area contributed by atoms with E-state index in [0.717, 1.165) is 0 Å². The predicted molar refractivity (Wildman–Crippen MR) is 83.0 cm³/mol. The van der Waals surface area contributed by atoms with Crippen LogP contribution in [0.1, 0.15) is 34.1 Å². The second-order valence-corrected chi connectivity index (χ2v) is 7.17. The van der Waals surface area contributed by atoms with E-state index in [2.05, 4.69) is 6.58 Å². The Labute approximate surface area is 143 Å². The SMILES string of the molecule is C=C(C)C(=O)OCC(=O)OC1CC2OC1(C)C(C)C2(C)OS(=O)O. The Morgan fingerprint density at radius 2 is 2.04 bits per heavy atom. The zero-order chi connectivity index (χ0) is 18.3. The second kappa shape index (κ2) is 6.55. The van der Waals surface area contributed by atoms with Crippen molar-refractivity contribution < 1.29 is 36.7 Å². The summed E-state index contributed by atoms with van der Waals surface area (Å²) in [5.74, 6) is -1.65. The van der Waals surface area contributed by atoms with Gasteiger partial charge in [-0.05, 0) is 20.8 Å². The topological polar surface area (TPSA) is 108 Å². The van der Waals surface area contributed by atoms with Crippen molar-refractivity contribution in [2.24, 2.45) is 5.92 Å². The molecule has 0 aromatic rings. The lowest BCUT2D eigenvalue weighted by molar-refractivity contribution is -0.169. The lowest BCUT2D eigenvalue weighted by Crippen LogP contribution is -2.55. The van der Waals surface area contributed by atoms with Crippen molar-refractivity contribution >= 4 is 23.3 Å². The molecule has 0 aromatic carbocycles. The molecule has 0 aromatic heterocycles. The highest BCUT2D eigenvalue weighted by molar-refractivity contribution is 7.74. The molecule has 2 aliphatic heterocycles. The Bertz CT molecular complexity index is 590. The second-order valence-electron chi connectivity index (χ2n) is 6.57. The summed E-state index contributed by atoms with van der Waals surface area (Å²) in [6.45, 7) is 9.68.